The van der Waals surface area contributed by atoms with Gasteiger partial charge in [0.1, 0.15) is 11.5 Å². The van der Waals surface area contributed by atoms with Crippen molar-refractivity contribution in [3.63, 3.8) is 0 Å². The molecular formula is C9H8ClN3O. The maximum atomic E-state index is 5.52. The smallest absolute Gasteiger partial charge is 0.192 e. The van der Waals surface area contributed by atoms with Crippen LogP contribution in [-0.4, -0.2) is 16.9 Å². The Hall–Kier alpha value is -1.55. The highest BCUT2D eigenvalue weighted by Gasteiger charge is 2.03. The molecule has 72 valence electrons. The van der Waals surface area contributed by atoms with E-state index in [-0.39, 0.29) is 5.88 Å². The molecule has 0 aliphatic rings. The predicted molar refractivity (Wildman–Crippen MR) is 56.0 cm³/mol. The van der Waals surface area contributed by atoms with Crippen LogP contribution in [0.25, 0.3) is 11.0 Å². The van der Waals surface area contributed by atoms with E-state index in [2.05, 4.69) is 10.1 Å². The number of fused-ring (bicyclic) bond motifs is 1. The van der Waals surface area contributed by atoms with Crippen molar-refractivity contribution < 1.29 is 4.52 Å². The summed E-state index contributed by atoms with van der Waals surface area (Å²) in [5.74, 6) is 0.556. The molecule has 0 aliphatic heterocycles. The van der Waals surface area contributed by atoms with E-state index in [4.69, 9.17) is 21.9 Å². The van der Waals surface area contributed by atoms with Crippen LogP contribution in [0.2, 0.25) is 0 Å². The molecule has 0 aliphatic carbocycles. The van der Waals surface area contributed by atoms with Crippen LogP contribution >= 0.6 is 11.6 Å². The first-order valence-corrected chi connectivity index (χ1v) is 4.57. The van der Waals surface area contributed by atoms with Crippen molar-refractivity contribution in [3.05, 3.63) is 24.4 Å². The molecule has 0 saturated carbocycles. The lowest BCUT2D eigenvalue weighted by atomic mass is 10.2. The number of para-hydroxylation sites is 1. The average Bonchev–Trinajstić information content (AvgIpc) is 2.66. The minimum absolute atomic E-state index is 0.199. The van der Waals surface area contributed by atoms with Gasteiger partial charge in [-0.05, 0) is 12.1 Å². The van der Waals surface area contributed by atoms with Crippen LogP contribution in [0, 0.1) is 0 Å². The molecule has 2 N–H and O–H groups in total. The summed E-state index contributed by atoms with van der Waals surface area (Å²) < 4.78 is 5.04. The van der Waals surface area contributed by atoms with Gasteiger partial charge in [0.2, 0.25) is 0 Å². The molecule has 0 unspecified atom stereocenters. The zero-order valence-corrected chi connectivity index (χ0v) is 8.03. The van der Waals surface area contributed by atoms with E-state index in [1.54, 1.807) is 12.3 Å². The Morgan fingerprint density at radius 1 is 1.57 bits per heavy atom. The molecule has 1 aromatic heterocycles. The van der Waals surface area contributed by atoms with Gasteiger partial charge in [0.25, 0.3) is 0 Å². The van der Waals surface area contributed by atoms with Gasteiger partial charge in [0.15, 0.2) is 5.58 Å². The topological polar surface area (TPSA) is 64.4 Å². The molecule has 2 aromatic rings. The lowest BCUT2D eigenvalue weighted by Crippen LogP contribution is -2.12. The zero-order chi connectivity index (χ0) is 9.97. The molecule has 14 heavy (non-hydrogen) atoms. The predicted octanol–water partition coefficient (Wildman–Crippen LogP) is 2.06. The van der Waals surface area contributed by atoms with Crippen LogP contribution in [0.4, 0.5) is 5.69 Å². The molecule has 5 heteroatoms. The minimum atomic E-state index is 0.199. The Balaban J connectivity index is 2.56. The SMILES string of the molecule is NC(CCl)=Nc1cccc2cnoc12. The van der Waals surface area contributed by atoms with Crippen molar-refractivity contribution in [3.8, 4) is 0 Å². The average molecular weight is 210 g/mol. The quantitative estimate of drug-likeness (QED) is 0.468. The van der Waals surface area contributed by atoms with Crippen molar-refractivity contribution in [1.29, 1.82) is 0 Å². The molecule has 0 amide bonds. The number of aromatic nitrogens is 1. The van der Waals surface area contributed by atoms with Crippen molar-refractivity contribution in [1.82, 2.24) is 5.16 Å². The number of benzene rings is 1. The van der Waals surface area contributed by atoms with E-state index in [1.807, 2.05) is 12.1 Å². The van der Waals surface area contributed by atoms with Gasteiger partial charge in [0, 0.05) is 5.39 Å². The third-order valence-corrected chi connectivity index (χ3v) is 2.04. The van der Waals surface area contributed by atoms with Crippen LogP contribution in [0.1, 0.15) is 0 Å². The number of alkyl halides is 1. The Morgan fingerprint density at radius 2 is 2.43 bits per heavy atom. The van der Waals surface area contributed by atoms with Crippen molar-refractivity contribution in [2.75, 3.05) is 5.88 Å². The molecule has 1 heterocycles. The number of halogens is 1. The van der Waals surface area contributed by atoms with E-state index >= 15 is 0 Å². The van der Waals surface area contributed by atoms with E-state index in [1.165, 1.54) is 0 Å². The fourth-order valence-corrected chi connectivity index (χ4v) is 1.21. The molecule has 0 fully saturated rings. The highest BCUT2D eigenvalue weighted by molar-refractivity contribution is 6.28. The van der Waals surface area contributed by atoms with Crippen LogP contribution in [0.5, 0.6) is 0 Å². The first-order valence-electron chi connectivity index (χ1n) is 4.03. The first-order chi connectivity index (χ1) is 6.81. The Morgan fingerprint density at radius 3 is 3.21 bits per heavy atom. The molecule has 1 aromatic carbocycles. The number of hydrogen-bond donors (Lipinski definition) is 1. The third-order valence-electron chi connectivity index (χ3n) is 1.76. The van der Waals surface area contributed by atoms with E-state index < -0.39 is 0 Å². The zero-order valence-electron chi connectivity index (χ0n) is 7.27. The Bertz CT molecular complexity index is 478. The van der Waals surface area contributed by atoms with E-state index in [0.29, 0.717) is 17.1 Å². The number of amidine groups is 1. The maximum Gasteiger partial charge on any atom is 0.192 e. The normalized spacial score (nSPS) is 12.2. The van der Waals surface area contributed by atoms with Gasteiger partial charge >= 0.3 is 0 Å². The van der Waals surface area contributed by atoms with E-state index in [0.717, 1.165) is 5.39 Å². The van der Waals surface area contributed by atoms with Crippen molar-refractivity contribution in [2.24, 2.45) is 10.7 Å². The van der Waals surface area contributed by atoms with Gasteiger partial charge in [-0.15, -0.1) is 11.6 Å². The lowest BCUT2D eigenvalue weighted by molar-refractivity contribution is 0.457. The molecule has 0 spiro atoms. The number of rotatable bonds is 2. The van der Waals surface area contributed by atoms with E-state index in [9.17, 15) is 0 Å². The summed E-state index contributed by atoms with van der Waals surface area (Å²) in [4.78, 5) is 4.11. The van der Waals surface area contributed by atoms with Gasteiger partial charge in [0.05, 0.1) is 12.1 Å². The largest absolute Gasteiger partial charge is 0.386 e. The second-order valence-electron chi connectivity index (χ2n) is 2.76. The molecule has 0 radical (unpaired) electrons. The fraction of sp³-hybridized carbons (Fsp3) is 0.111. The molecule has 0 bridgehead atoms. The lowest BCUT2D eigenvalue weighted by Gasteiger charge is -1.95. The third kappa shape index (κ3) is 1.56. The Kier molecular flexibility index (Phi) is 2.37. The van der Waals surface area contributed by atoms with Gasteiger partial charge in [-0.1, -0.05) is 11.2 Å². The maximum absolute atomic E-state index is 5.52. The van der Waals surface area contributed by atoms with Crippen molar-refractivity contribution >= 4 is 34.1 Å². The van der Waals surface area contributed by atoms with Gasteiger partial charge < -0.3 is 10.3 Å². The highest BCUT2D eigenvalue weighted by Crippen LogP contribution is 2.25. The fourth-order valence-electron chi connectivity index (χ4n) is 1.15. The number of nitrogens with two attached hydrogens (primary N) is 1. The standard InChI is InChI=1S/C9H8ClN3O/c10-4-8(11)13-7-3-1-2-6-5-12-14-9(6)7/h1-3,5H,4H2,(H2,11,13). The monoisotopic (exact) mass is 209 g/mol. The summed E-state index contributed by atoms with van der Waals surface area (Å²) in [6.07, 6.45) is 1.63. The van der Waals surface area contributed by atoms with Gasteiger partial charge in [-0.3, -0.25) is 0 Å². The minimum Gasteiger partial charge on any atom is -0.386 e. The summed E-state index contributed by atoms with van der Waals surface area (Å²) >= 11 is 5.52. The Labute approximate surface area is 85.3 Å². The number of hydrogen-bond acceptors (Lipinski definition) is 3. The second kappa shape index (κ2) is 3.67. The van der Waals surface area contributed by atoms with Gasteiger partial charge in [-0.25, -0.2) is 4.99 Å². The van der Waals surface area contributed by atoms with Crippen LogP contribution in [0.3, 0.4) is 0 Å². The summed E-state index contributed by atoms with van der Waals surface area (Å²) in [6.45, 7) is 0. The van der Waals surface area contributed by atoms with Crippen LogP contribution in [0.15, 0.2) is 33.9 Å². The van der Waals surface area contributed by atoms with Crippen molar-refractivity contribution in [2.45, 2.75) is 0 Å². The first kappa shape index (κ1) is 9.02. The molecule has 0 saturated heterocycles. The highest BCUT2D eigenvalue weighted by atomic mass is 35.5. The summed E-state index contributed by atoms with van der Waals surface area (Å²) in [5.41, 5.74) is 6.80. The molecular weight excluding hydrogens is 202 g/mol. The van der Waals surface area contributed by atoms with Crippen LogP contribution < -0.4 is 5.73 Å². The summed E-state index contributed by atoms with van der Waals surface area (Å²) in [6, 6.07) is 5.55. The molecule has 4 nitrogen and oxygen atoms in total. The summed E-state index contributed by atoms with van der Waals surface area (Å²) in [5, 5.41) is 4.57. The summed E-state index contributed by atoms with van der Waals surface area (Å²) in [7, 11) is 0. The van der Waals surface area contributed by atoms with Crippen LogP contribution in [-0.2, 0) is 0 Å². The second-order valence-corrected chi connectivity index (χ2v) is 3.03. The molecule has 2 rings (SSSR count). The molecule has 0 atom stereocenters. The number of nitrogens with zero attached hydrogens (tertiary/aromatic N) is 2. The number of aliphatic imine (C=N–C) groups is 1. The van der Waals surface area contributed by atoms with Gasteiger partial charge in [-0.2, -0.15) is 0 Å².